The van der Waals surface area contributed by atoms with E-state index in [4.69, 9.17) is 10.5 Å². The predicted octanol–water partition coefficient (Wildman–Crippen LogP) is 2.51. The minimum Gasteiger partial charge on any atom is -0.454 e. The van der Waals surface area contributed by atoms with Crippen molar-refractivity contribution in [3.05, 3.63) is 54.0 Å². The van der Waals surface area contributed by atoms with Crippen molar-refractivity contribution in [1.29, 1.82) is 0 Å². The lowest BCUT2D eigenvalue weighted by atomic mass is 10.2. The third-order valence-corrected chi connectivity index (χ3v) is 3.86. The number of ether oxygens (including phenoxy) is 1. The van der Waals surface area contributed by atoms with Crippen LogP contribution in [-0.2, 0) is 17.9 Å². The average molecular weight is 342 g/mol. The van der Waals surface area contributed by atoms with Gasteiger partial charge in [0.1, 0.15) is 12.3 Å². The zero-order valence-electron chi connectivity index (χ0n) is 14.1. The Hall–Kier alpha value is -2.93. The molecule has 0 aliphatic heterocycles. The molecule has 0 spiro atoms. The highest BCUT2D eigenvalue weighted by Gasteiger charge is 2.11. The fourth-order valence-corrected chi connectivity index (χ4v) is 2.41. The maximum absolute atomic E-state index is 14.0. The number of hydrogen-bond donors (Lipinski definition) is 1. The minimum atomic E-state index is -0.463. The Balaban J connectivity index is 1.84. The molecule has 3 rings (SSSR count). The predicted molar refractivity (Wildman–Crippen MR) is 92.8 cm³/mol. The standard InChI is InChI=1S/C18H19FN4O2/c1-22(2)18(24)11-23-16-5-4-14(8-13(16)10-21-23)25-17-6-3-12(9-20)7-15(17)19/h3-8,10H,9,11,20H2,1-2H3. The molecule has 0 fully saturated rings. The van der Waals surface area contributed by atoms with E-state index in [1.54, 1.807) is 55.3 Å². The smallest absolute Gasteiger partial charge is 0.243 e. The summed E-state index contributed by atoms with van der Waals surface area (Å²) in [6.07, 6.45) is 1.65. The highest BCUT2D eigenvalue weighted by molar-refractivity contribution is 5.83. The van der Waals surface area contributed by atoms with Gasteiger partial charge in [0, 0.05) is 26.0 Å². The number of likely N-dealkylation sites (N-methyl/N-ethyl adjacent to an activating group) is 1. The van der Waals surface area contributed by atoms with Crippen molar-refractivity contribution in [2.75, 3.05) is 14.1 Å². The number of hydrogen-bond acceptors (Lipinski definition) is 4. The van der Waals surface area contributed by atoms with E-state index in [0.717, 1.165) is 10.9 Å². The SMILES string of the molecule is CN(C)C(=O)Cn1ncc2cc(Oc3ccc(CN)cc3F)ccc21. The van der Waals surface area contributed by atoms with Crippen LogP contribution in [0.15, 0.2) is 42.6 Å². The molecule has 0 radical (unpaired) electrons. The molecule has 130 valence electrons. The molecule has 1 amide bonds. The van der Waals surface area contributed by atoms with Crippen LogP contribution in [0.25, 0.3) is 10.9 Å². The highest BCUT2D eigenvalue weighted by Crippen LogP contribution is 2.28. The van der Waals surface area contributed by atoms with Crippen molar-refractivity contribution in [2.24, 2.45) is 5.73 Å². The summed E-state index contributed by atoms with van der Waals surface area (Å²) in [5, 5.41) is 5.04. The summed E-state index contributed by atoms with van der Waals surface area (Å²) in [5.41, 5.74) is 7.00. The first-order chi connectivity index (χ1) is 12.0. The summed E-state index contributed by atoms with van der Waals surface area (Å²) in [5.74, 6) is 0.111. The average Bonchev–Trinajstić information content (AvgIpc) is 2.98. The molecule has 7 heteroatoms. The van der Waals surface area contributed by atoms with Crippen molar-refractivity contribution in [1.82, 2.24) is 14.7 Å². The van der Waals surface area contributed by atoms with E-state index in [0.29, 0.717) is 11.3 Å². The number of carbonyl (C=O) groups excluding carboxylic acids is 1. The minimum absolute atomic E-state index is 0.0487. The van der Waals surface area contributed by atoms with E-state index >= 15 is 0 Å². The molecule has 0 saturated heterocycles. The molecule has 1 heterocycles. The fourth-order valence-electron chi connectivity index (χ4n) is 2.41. The van der Waals surface area contributed by atoms with Crippen molar-refractivity contribution in [3.8, 4) is 11.5 Å². The lowest BCUT2D eigenvalue weighted by Gasteiger charge is -2.11. The molecule has 1 aromatic heterocycles. The number of nitrogens with zero attached hydrogens (tertiary/aromatic N) is 3. The van der Waals surface area contributed by atoms with Crippen molar-refractivity contribution in [2.45, 2.75) is 13.1 Å². The number of fused-ring (bicyclic) bond motifs is 1. The van der Waals surface area contributed by atoms with E-state index < -0.39 is 5.82 Å². The summed E-state index contributed by atoms with van der Waals surface area (Å²) in [6.45, 7) is 0.430. The summed E-state index contributed by atoms with van der Waals surface area (Å²) in [6, 6.07) is 9.92. The lowest BCUT2D eigenvalue weighted by molar-refractivity contribution is -0.129. The van der Waals surface area contributed by atoms with Crippen molar-refractivity contribution in [3.63, 3.8) is 0 Å². The molecule has 0 atom stereocenters. The highest BCUT2D eigenvalue weighted by atomic mass is 19.1. The van der Waals surface area contributed by atoms with Gasteiger partial charge in [-0.05, 0) is 35.9 Å². The topological polar surface area (TPSA) is 73.4 Å². The molecule has 2 aromatic carbocycles. The van der Waals surface area contributed by atoms with E-state index in [-0.39, 0.29) is 24.7 Å². The summed E-state index contributed by atoms with van der Waals surface area (Å²) in [7, 11) is 3.40. The second kappa shape index (κ2) is 6.90. The number of nitrogens with two attached hydrogens (primary N) is 1. The quantitative estimate of drug-likeness (QED) is 0.773. The van der Waals surface area contributed by atoms with Crippen LogP contribution >= 0.6 is 0 Å². The van der Waals surface area contributed by atoms with Gasteiger partial charge in [-0.15, -0.1) is 0 Å². The van der Waals surface area contributed by atoms with Crippen LogP contribution < -0.4 is 10.5 Å². The van der Waals surface area contributed by atoms with E-state index in [9.17, 15) is 9.18 Å². The number of benzene rings is 2. The van der Waals surface area contributed by atoms with Crippen LogP contribution in [0.4, 0.5) is 4.39 Å². The number of halogens is 1. The summed E-state index contributed by atoms with van der Waals surface area (Å²) >= 11 is 0. The monoisotopic (exact) mass is 342 g/mol. The first kappa shape index (κ1) is 16.9. The number of rotatable bonds is 5. The van der Waals surface area contributed by atoms with Crippen LogP contribution in [0, 0.1) is 5.82 Å². The first-order valence-electron chi connectivity index (χ1n) is 7.80. The fraction of sp³-hybridized carbons (Fsp3) is 0.222. The zero-order chi connectivity index (χ0) is 18.0. The largest absolute Gasteiger partial charge is 0.454 e. The van der Waals surface area contributed by atoms with Crippen LogP contribution in [-0.4, -0.2) is 34.7 Å². The molecule has 25 heavy (non-hydrogen) atoms. The molecule has 0 unspecified atom stereocenters. The van der Waals surface area contributed by atoms with Crippen LogP contribution in [0.1, 0.15) is 5.56 Å². The molecule has 6 nitrogen and oxygen atoms in total. The van der Waals surface area contributed by atoms with Gasteiger partial charge in [-0.3, -0.25) is 9.48 Å². The first-order valence-corrected chi connectivity index (χ1v) is 7.80. The molecule has 2 N–H and O–H groups in total. The van der Waals surface area contributed by atoms with Crippen LogP contribution in [0.3, 0.4) is 0 Å². The van der Waals surface area contributed by atoms with Crippen molar-refractivity contribution < 1.29 is 13.9 Å². The normalized spacial score (nSPS) is 10.9. The van der Waals surface area contributed by atoms with Crippen LogP contribution in [0.2, 0.25) is 0 Å². The number of carbonyl (C=O) groups is 1. The molecule has 0 aliphatic rings. The van der Waals surface area contributed by atoms with Crippen LogP contribution in [0.5, 0.6) is 11.5 Å². The Bertz CT molecular complexity index is 921. The van der Waals surface area contributed by atoms with Gasteiger partial charge in [-0.25, -0.2) is 4.39 Å². The maximum atomic E-state index is 14.0. The van der Waals surface area contributed by atoms with Crippen molar-refractivity contribution >= 4 is 16.8 Å². The maximum Gasteiger partial charge on any atom is 0.243 e. The van der Waals surface area contributed by atoms with Gasteiger partial charge < -0.3 is 15.4 Å². The molecule has 3 aromatic rings. The third-order valence-electron chi connectivity index (χ3n) is 3.86. The van der Waals surface area contributed by atoms with Gasteiger partial charge in [0.25, 0.3) is 0 Å². The molecule has 0 aliphatic carbocycles. The summed E-state index contributed by atoms with van der Waals surface area (Å²) in [4.78, 5) is 13.4. The van der Waals surface area contributed by atoms with Gasteiger partial charge in [-0.2, -0.15) is 5.10 Å². The second-order valence-electron chi connectivity index (χ2n) is 5.88. The number of aromatic nitrogens is 2. The molecular formula is C18H19FN4O2. The van der Waals surface area contributed by atoms with Gasteiger partial charge in [0.15, 0.2) is 11.6 Å². The van der Waals surface area contributed by atoms with Gasteiger partial charge >= 0.3 is 0 Å². The molecular weight excluding hydrogens is 323 g/mol. The number of amides is 1. The second-order valence-corrected chi connectivity index (χ2v) is 5.88. The van der Waals surface area contributed by atoms with Gasteiger partial charge in [0.2, 0.25) is 5.91 Å². The Morgan fingerprint density at radius 2 is 2.08 bits per heavy atom. The Kier molecular flexibility index (Phi) is 4.67. The molecule has 0 bridgehead atoms. The van der Waals surface area contributed by atoms with E-state index in [1.165, 1.54) is 11.0 Å². The third kappa shape index (κ3) is 3.61. The van der Waals surface area contributed by atoms with E-state index in [2.05, 4.69) is 5.10 Å². The molecule has 0 saturated carbocycles. The lowest BCUT2D eigenvalue weighted by Crippen LogP contribution is -2.26. The van der Waals surface area contributed by atoms with Gasteiger partial charge in [0.05, 0.1) is 11.7 Å². The van der Waals surface area contributed by atoms with Gasteiger partial charge in [-0.1, -0.05) is 6.07 Å². The summed E-state index contributed by atoms with van der Waals surface area (Å²) < 4.78 is 21.3. The Labute approximate surface area is 144 Å². The van der Waals surface area contributed by atoms with E-state index in [1.807, 2.05) is 0 Å². The zero-order valence-corrected chi connectivity index (χ0v) is 14.1. The Morgan fingerprint density at radius 3 is 2.76 bits per heavy atom. The Morgan fingerprint density at radius 1 is 1.28 bits per heavy atom.